The quantitative estimate of drug-likeness (QED) is 0.921. The zero-order valence-electron chi connectivity index (χ0n) is 11.8. The number of hydrogen-bond donors (Lipinski definition) is 1. The van der Waals surface area contributed by atoms with Crippen molar-refractivity contribution >= 4 is 11.3 Å². The van der Waals surface area contributed by atoms with Crippen LogP contribution in [0.3, 0.4) is 0 Å². The first-order valence-corrected chi connectivity index (χ1v) is 8.38. The zero-order valence-corrected chi connectivity index (χ0v) is 12.6. The van der Waals surface area contributed by atoms with E-state index < -0.39 is 0 Å². The molecule has 3 rings (SSSR count). The van der Waals surface area contributed by atoms with Crippen LogP contribution in [-0.4, -0.2) is 34.7 Å². The minimum Gasteiger partial charge on any atom is -0.393 e. The molecule has 0 aliphatic heterocycles. The van der Waals surface area contributed by atoms with Gasteiger partial charge in [-0.3, -0.25) is 4.90 Å². The van der Waals surface area contributed by atoms with Crippen LogP contribution in [0.15, 0.2) is 0 Å². The third kappa shape index (κ3) is 3.18. The van der Waals surface area contributed by atoms with E-state index in [1.165, 1.54) is 54.1 Å². The maximum absolute atomic E-state index is 10.0. The number of aromatic nitrogens is 1. The van der Waals surface area contributed by atoms with Crippen LogP contribution in [-0.2, 0) is 19.4 Å². The van der Waals surface area contributed by atoms with Gasteiger partial charge in [0.2, 0.25) is 0 Å². The van der Waals surface area contributed by atoms with Gasteiger partial charge in [-0.15, -0.1) is 11.3 Å². The molecule has 2 atom stereocenters. The van der Waals surface area contributed by atoms with Crippen LogP contribution in [0.1, 0.15) is 47.7 Å². The predicted octanol–water partition coefficient (Wildman–Crippen LogP) is 2.61. The fourth-order valence-corrected chi connectivity index (χ4v) is 4.65. The summed E-state index contributed by atoms with van der Waals surface area (Å²) in [7, 11) is 2.16. The Balaban J connectivity index is 1.54. The van der Waals surface area contributed by atoms with Gasteiger partial charge >= 0.3 is 0 Å². The van der Waals surface area contributed by atoms with E-state index >= 15 is 0 Å². The summed E-state index contributed by atoms with van der Waals surface area (Å²) in [6, 6.07) is 0. The standard InChI is InChI=1S/C15H24N2OS/c1-17(9-11-5-2-3-7-13(11)18)10-15-16-12-6-4-8-14(12)19-15/h11,13,18H,2-10H2,1H3. The SMILES string of the molecule is CN(Cc1nc2c(s1)CCC2)CC1CCCCC1O. The minimum absolute atomic E-state index is 0.0856. The molecule has 0 aromatic carbocycles. The Morgan fingerprint density at radius 2 is 2.11 bits per heavy atom. The van der Waals surface area contributed by atoms with Crippen molar-refractivity contribution in [1.29, 1.82) is 0 Å². The lowest BCUT2D eigenvalue weighted by molar-refractivity contribution is 0.0501. The van der Waals surface area contributed by atoms with Crippen LogP contribution >= 0.6 is 11.3 Å². The molecule has 1 saturated carbocycles. The number of rotatable bonds is 4. The number of nitrogens with zero attached hydrogens (tertiary/aromatic N) is 2. The van der Waals surface area contributed by atoms with Crippen molar-refractivity contribution in [2.75, 3.05) is 13.6 Å². The van der Waals surface area contributed by atoms with Crippen molar-refractivity contribution in [2.45, 2.75) is 57.6 Å². The van der Waals surface area contributed by atoms with E-state index in [0.717, 1.165) is 19.5 Å². The molecule has 1 aromatic heterocycles. The number of aliphatic hydroxyl groups is 1. The molecule has 2 unspecified atom stereocenters. The van der Waals surface area contributed by atoms with E-state index in [-0.39, 0.29) is 6.10 Å². The highest BCUT2D eigenvalue weighted by atomic mass is 32.1. The summed E-state index contributed by atoms with van der Waals surface area (Å²) < 4.78 is 0. The van der Waals surface area contributed by atoms with Gasteiger partial charge in [0.05, 0.1) is 18.3 Å². The first-order chi connectivity index (χ1) is 9.22. The minimum atomic E-state index is -0.0856. The molecule has 0 saturated heterocycles. The predicted molar refractivity (Wildman–Crippen MR) is 78.4 cm³/mol. The summed E-state index contributed by atoms with van der Waals surface area (Å²) in [6.07, 6.45) is 8.26. The highest BCUT2D eigenvalue weighted by molar-refractivity contribution is 7.11. The third-order valence-electron chi connectivity index (χ3n) is 4.46. The molecule has 1 aromatic rings. The van der Waals surface area contributed by atoms with E-state index in [1.807, 2.05) is 11.3 Å². The first-order valence-electron chi connectivity index (χ1n) is 7.56. The molecule has 2 aliphatic carbocycles. The molecular weight excluding hydrogens is 256 g/mol. The van der Waals surface area contributed by atoms with Crippen molar-refractivity contribution in [2.24, 2.45) is 5.92 Å². The molecule has 0 amide bonds. The number of aliphatic hydroxyl groups excluding tert-OH is 1. The Bertz CT molecular complexity index is 410. The van der Waals surface area contributed by atoms with Gasteiger partial charge in [-0.1, -0.05) is 12.8 Å². The highest BCUT2D eigenvalue weighted by Gasteiger charge is 2.24. The van der Waals surface area contributed by atoms with Crippen LogP contribution in [0.25, 0.3) is 0 Å². The van der Waals surface area contributed by atoms with Gasteiger partial charge in [0, 0.05) is 11.4 Å². The summed E-state index contributed by atoms with van der Waals surface area (Å²) in [5.74, 6) is 0.463. The van der Waals surface area contributed by atoms with Crippen LogP contribution in [0.5, 0.6) is 0 Å². The molecule has 2 aliphatic rings. The Kier molecular flexibility index (Phi) is 4.20. The fourth-order valence-electron chi connectivity index (χ4n) is 3.41. The second-order valence-corrected chi connectivity index (χ2v) is 7.31. The fraction of sp³-hybridized carbons (Fsp3) is 0.800. The smallest absolute Gasteiger partial charge is 0.107 e. The molecule has 19 heavy (non-hydrogen) atoms. The maximum Gasteiger partial charge on any atom is 0.107 e. The van der Waals surface area contributed by atoms with Crippen molar-refractivity contribution in [3.8, 4) is 0 Å². The molecule has 0 spiro atoms. The molecule has 0 radical (unpaired) electrons. The molecule has 0 bridgehead atoms. The molecule has 4 heteroatoms. The van der Waals surface area contributed by atoms with Gasteiger partial charge in [-0.25, -0.2) is 4.98 Å². The lowest BCUT2D eigenvalue weighted by atomic mass is 9.86. The number of aryl methyl sites for hydroxylation is 2. The average molecular weight is 280 g/mol. The zero-order chi connectivity index (χ0) is 13.2. The van der Waals surface area contributed by atoms with Crippen molar-refractivity contribution in [3.63, 3.8) is 0 Å². The summed E-state index contributed by atoms with van der Waals surface area (Å²) in [5, 5.41) is 11.3. The van der Waals surface area contributed by atoms with Gasteiger partial charge in [0.25, 0.3) is 0 Å². The normalized spacial score (nSPS) is 26.9. The topological polar surface area (TPSA) is 36.4 Å². The van der Waals surface area contributed by atoms with Crippen LogP contribution in [0, 0.1) is 5.92 Å². The van der Waals surface area contributed by atoms with E-state index in [9.17, 15) is 5.11 Å². The largest absolute Gasteiger partial charge is 0.393 e. The van der Waals surface area contributed by atoms with Crippen molar-refractivity contribution in [3.05, 3.63) is 15.6 Å². The second kappa shape index (κ2) is 5.90. The van der Waals surface area contributed by atoms with Gasteiger partial charge < -0.3 is 5.11 Å². The number of hydrogen-bond acceptors (Lipinski definition) is 4. The third-order valence-corrected chi connectivity index (χ3v) is 5.60. The maximum atomic E-state index is 10.0. The number of thiazole rings is 1. The lowest BCUT2D eigenvalue weighted by Gasteiger charge is -2.30. The summed E-state index contributed by atoms with van der Waals surface area (Å²) >= 11 is 1.90. The van der Waals surface area contributed by atoms with Crippen LogP contribution in [0.4, 0.5) is 0 Å². The Morgan fingerprint density at radius 1 is 1.26 bits per heavy atom. The summed E-state index contributed by atoms with van der Waals surface area (Å²) in [6.45, 7) is 1.95. The van der Waals surface area contributed by atoms with Crippen LogP contribution < -0.4 is 0 Å². The van der Waals surface area contributed by atoms with Gasteiger partial charge in [0.1, 0.15) is 5.01 Å². The molecule has 1 N–H and O–H groups in total. The average Bonchev–Trinajstić information content (AvgIpc) is 2.92. The summed E-state index contributed by atoms with van der Waals surface area (Å²) in [4.78, 5) is 8.61. The van der Waals surface area contributed by atoms with Crippen LogP contribution in [0.2, 0.25) is 0 Å². The molecular formula is C15H24N2OS. The van der Waals surface area contributed by atoms with Crippen molar-refractivity contribution < 1.29 is 5.11 Å². The molecule has 1 fully saturated rings. The van der Waals surface area contributed by atoms with Crippen molar-refractivity contribution in [1.82, 2.24) is 9.88 Å². The molecule has 3 nitrogen and oxygen atoms in total. The number of fused-ring (bicyclic) bond motifs is 1. The van der Waals surface area contributed by atoms with E-state index in [0.29, 0.717) is 5.92 Å². The van der Waals surface area contributed by atoms with E-state index in [2.05, 4.69) is 11.9 Å². The van der Waals surface area contributed by atoms with Gasteiger partial charge in [-0.05, 0) is 45.1 Å². The van der Waals surface area contributed by atoms with Gasteiger partial charge in [0.15, 0.2) is 0 Å². The van der Waals surface area contributed by atoms with Gasteiger partial charge in [-0.2, -0.15) is 0 Å². The summed E-state index contributed by atoms with van der Waals surface area (Å²) in [5.41, 5.74) is 1.35. The second-order valence-electron chi connectivity index (χ2n) is 6.14. The van der Waals surface area contributed by atoms with E-state index in [1.54, 1.807) is 0 Å². The lowest BCUT2D eigenvalue weighted by Crippen LogP contribution is -2.34. The molecule has 106 valence electrons. The Morgan fingerprint density at radius 3 is 2.89 bits per heavy atom. The van der Waals surface area contributed by atoms with E-state index in [4.69, 9.17) is 4.98 Å². The highest BCUT2D eigenvalue weighted by Crippen LogP contribution is 2.29. The monoisotopic (exact) mass is 280 g/mol. The first kappa shape index (κ1) is 13.5. The molecule has 1 heterocycles. The Labute approximate surface area is 119 Å². The Hall–Kier alpha value is -0.450.